The molecule has 0 aromatic carbocycles. The van der Waals surface area contributed by atoms with Crippen LogP contribution in [0.15, 0.2) is 23.1 Å². The molecule has 0 saturated heterocycles. The van der Waals surface area contributed by atoms with Crippen molar-refractivity contribution < 1.29 is 0 Å². The molecule has 0 aliphatic heterocycles. The summed E-state index contributed by atoms with van der Waals surface area (Å²) in [6.45, 7) is 2.60. The van der Waals surface area contributed by atoms with E-state index >= 15 is 0 Å². The van der Waals surface area contributed by atoms with E-state index in [2.05, 4.69) is 10.5 Å². The van der Waals surface area contributed by atoms with E-state index in [0.717, 1.165) is 0 Å². The van der Waals surface area contributed by atoms with Gasteiger partial charge in [-0.25, -0.2) is 0 Å². The standard InChI is InChI=1S/C6H9N3O/c1-2-7-9-6(10)4-3-5-8-9/h3-5,7H,2H2,1H3. The fourth-order valence-corrected chi connectivity index (χ4v) is 0.627. The maximum absolute atomic E-state index is 10.8. The largest absolute Gasteiger partial charge is 0.307 e. The van der Waals surface area contributed by atoms with Gasteiger partial charge in [-0.15, -0.1) is 4.79 Å². The summed E-state index contributed by atoms with van der Waals surface area (Å²) in [5, 5.41) is 3.76. The summed E-state index contributed by atoms with van der Waals surface area (Å²) >= 11 is 0. The maximum Gasteiger partial charge on any atom is 0.285 e. The number of nitrogens with one attached hydrogen (secondary N) is 1. The van der Waals surface area contributed by atoms with Gasteiger partial charge in [0.1, 0.15) is 0 Å². The van der Waals surface area contributed by atoms with E-state index in [-0.39, 0.29) is 5.56 Å². The van der Waals surface area contributed by atoms with Gasteiger partial charge in [-0.2, -0.15) is 5.10 Å². The van der Waals surface area contributed by atoms with Gasteiger partial charge in [-0.05, 0) is 13.0 Å². The van der Waals surface area contributed by atoms with Crippen LogP contribution in [-0.2, 0) is 0 Å². The molecule has 0 aliphatic carbocycles. The van der Waals surface area contributed by atoms with E-state index in [1.807, 2.05) is 6.92 Å². The SMILES string of the molecule is CCNn1ncccc1=O. The second-order valence-electron chi connectivity index (χ2n) is 1.79. The molecular weight excluding hydrogens is 130 g/mol. The summed E-state index contributed by atoms with van der Waals surface area (Å²) in [6, 6.07) is 3.06. The lowest BCUT2D eigenvalue weighted by molar-refractivity contribution is 0.694. The van der Waals surface area contributed by atoms with E-state index in [1.165, 1.54) is 10.9 Å². The number of hydrogen-bond acceptors (Lipinski definition) is 3. The zero-order valence-corrected chi connectivity index (χ0v) is 5.74. The van der Waals surface area contributed by atoms with Gasteiger partial charge in [0.2, 0.25) is 0 Å². The van der Waals surface area contributed by atoms with Gasteiger partial charge in [0.25, 0.3) is 5.56 Å². The van der Waals surface area contributed by atoms with Crippen LogP contribution in [0.1, 0.15) is 6.92 Å². The van der Waals surface area contributed by atoms with E-state index in [4.69, 9.17) is 0 Å². The van der Waals surface area contributed by atoms with Crippen LogP contribution in [0.4, 0.5) is 0 Å². The van der Waals surface area contributed by atoms with Crippen LogP contribution in [0.2, 0.25) is 0 Å². The van der Waals surface area contributed by atoms with Crippen LogP contribution in [-0.4, -0.2) is 16.4 Å². The number of aromatic nitrogens is 2. The molecule has 10 heavy (non-hydrogen) atoms. The third-order valence-corrected chi connectivity index (χ3v) is 1.02. The van der Waals surface area contributed by atoms with Crippen molar-refractivity contribution in [2.24, 2.45) is 0 Å². The highest BCUT2D eigenvalue weighted by Gasteiger charge is 1.88. The lowest BCUT2D eigenvalue weighted by Crippen LogP contribution is -2.29. The Morgan fingerprint density at radius 2 is 2.60 bits per heavy atom. The van der Waals surface area contributed by atoms with Crippen molar-refractivity contribution in [3.63, 3.8) is 0 Å². The molecule has 0 fully saturated rings. The van der Waals surface area contributed by atoms with E-state index in [9.17, 15) is 4.79 Å². The normalized spacial score (nSPS) is 9.30. The molecular formula is C6H9N3O. The van der Waals surface area contributed by atoms with Crippen molar-refractivity contribution in [2.75, 3.05) is 12.0 Å². The lowest BCUT2D eigenvalue weighted by Gasteiger charge is -2.01. The molecule has 1 rings (SSSR count). The Labute approximate surface area is 58.5 Å². The Bertz CT molecular complexity index is 255. The quantitative estimate of drug-likeness (QED) is 0.617. The smallest absolute Gasteiger partial charge is 0.285 e. The maximum atomic E-state index is 10.8. The number of hydrogen-bond donors (Lipinski definition) is 1. The zero-order valence-electron chi connectivity index (χ0n) is 5.74. The first-order valence-electron chi connectivity index (χ1n) is 3.13. The first-order valence-corrected chi connectivity index (χ1v) is 3.13. The monoisotopic (exact) mass is 139 g/mol. The molecule has 0 saturated carbocycles. The highest BCUT2D eigenvalue weighted by Crippen LogP contribution is 1.68. The van der Waals surface area contributed by atoms with Crippen LogP contribution in [0.5, 0.6) is 0 Å². The molecule has 54 valence electrons. The summed E-state index contributed by atoms with van der Waals surface area (Å²) in [7, 11) is 0. The summed E-state index contributed by atoms with van der Waals surface area (Å²) in [5.41, 5.74) is 2.63. The molecule has 4 nitrogen and oxygen atoms in total. The Morgan fingerprint density at radius 3 is 3.20 bits per heavy atom. The van der Waals surface area contributed by atoms with E-state index in [1.54, 1.807) is 12.3 Å². The van der Waals surface area contributed by atoms with Crippen molar-refractivity contribution in [3.8, 4) is 0 Å². The van der Waals surface area contributed by atoms with Crippen molar-refractivity contribution in [1.82, 2.24) is 9.89 Å². The minimum atomic E-state index is -0.135. The van der Waals surface area contributed by atoms with Gasteiger partial charge in [0.05, 0.1) is 0 Å². The average Bonchev–Trinajstić information content (AvgIpc) is 1.94. The van der Waals surface area contributed by atoms with Crippen LogP contribution < -0.4 is 11.0 Å². The Kier molecular flexibility index (Phi) is 2.04. The molecule has 0 atom stereocenters. The van der Waals surface area contributed by atoms with E-state index < -0.39 is 0 Å². The molecule has 1 N–H and O–H groups in total. The predicted molar refractivity (Wildman–Crippen MR) is 38.4 cm³/mol. The van der Waals surface area contributed by atoms with Crippen molar-refractivity contribution in [1.29, 1.82) is 0 Å². The van der Waals surface area contributed by atoms with Crippen LogP contribution in [0.3, 0.4) is 0 Å². The lowest BCUT2D eigenvalue weighted by atomic mass is 10.6. The van der Waals surface area contributed by atoms with Gasteiger partial charge in [-0.3, -0.25) is 4.79 Å². The second-order valence-corrected chi connectivity index (χ2v) is 1.79. The molecule has 0 spiro atoms. The van der Waals surface area contributed by atoms with Gasteiger partial charge in [-0.1, -0.05) is 0 Å². The fourth-order valence-electron chi connectivity index (χ4n) is 0.627. The Hall–Kier alpha value is -1.32. The summed E-state index contributed by atoms with van der Waals surface area (Å²) in [5.74, 6) is 0. The van der Waals surface area contributed by atoms with Gasteiger partial charge >= 0.3 is 0 Å². The van der Waals surface area contributed by atoms with Crippen molar-refractivity contribution in [3.05, 3.63) is 28.7 Å². The molecule has 0 radical (unpaired) electrons. The molecule has 0 unspecified atom stereocenters. The topological polar surface area (TPSA) is 46.9 Å². The Balaban J connectivity index is 2.92. The number of rotatable bonds is 2. The molecule has 0 amide bonds. The Morgan fingerprint density at radius 1 is 1.80 bits per heavy atom. The summed E-state index contributed by atoms with van der Waals surface area (Å²) in [4.78, 5) is 12.1. The van der Waals surface area contributed by atoms with Gasteiger partial charge in [0.15, 0.2) is 0 Å². The molecule has 1 aromatic heterocycles. The summed E-state index contributed by atoms with van der Waals surface area (Å²) in [6.07, 6.45) is 1.56. The average molecular weight is 139 g/mol. The first-order chi connectivity index (χ1) is 4.84. The highest BCUT2D eigenvalue weighted by molar-refractivity contribution is 4.86. The molecule has 0 aliphatic rings. The molecule has 1 heterocycles. The second kappa shape index (κ2) is 3.00. The molecule has 1 aromatic rings. The van der Waals surface area contributed by atoms with Crippen LogP contribution in [0.25, 0.3) is 0 Å². The fraction of sp³-hybridized carbons (Fsp3) is 0.333. The zero-order chi connectivity index (χ0) is 7.40. The highest BCUT2D eigenvalue weighted by atomic mass is 16.1. The van der Waals surface area contributed by atoms with Crippen molar-refractivity contribution in [2.45, 2.75) is 6.92 Å². The van der Waals surface area contributed by atoms with Crippen LogP contribution >= 0.6 is 0 Å². The minimum absolute atomic E-state index is 0.135. The minimum Gasteiger partial charge on any atom is -0.307 e. The third kappa shape index (κ3) is 1.34. The van der Waals surface area contributed by atoms with Crippen LogP contribution in [0, 0.1) is 0 Å². The molecule has 0 bridgehead atoms. The van der Waals surface area contributed by atoms with E-state index in [0.29, 0.717) is 6.54 Å². The first kappa shape index (κ1) is 6.80. The number of nitrogens with zero attached hydrogens (tertiary/aromatic N) is 2. The predicted octanol–water partition coefficient (Wildman–Crippen LogP) is -0.193. The van der Waals surface area contributed by atoms with Gasteiger partial charge < -0.3 is 5.43 Å². The molecule has 4 heteroatoms. The van der Waals surface area contributed by atoms with Gasteiger partial charge in [0, 0.05) is 18.8 Å². The third-order valence-electron chi connectivity index (χ3n) is 1.02. The van der Waals surface area contributed by atoms with Crippen molar-refractivity contribution >= 4 is 0 Å². The summed E-state index contributed by atoms with van der Waals surface area (Å²) < 4.78 is 0.